The highest BCUT2D eigenvalue weighted by atomic mass is 16.5. The number of hydrogen-bond donors (Lipinski definition) is 0. The molecule has 1 aromatic heterocycles. The molecule has 2 atom stereocenters. The average molecular weight is 354 g/mol. The van der Waals surface area contributed by atoms with Crippen LogP contribution in [0.1, 0.15) is 19.4 Å². The maximum absolute atomic E-state index is 5.78. The lowest BCUT2D eigenvalue weighted by molar-refractivity contribution is -0.0941. The normalized spacial score (nSPS) is 24.3. The lowest BCUT2D eigenvalue weighted by atomic mass is 10.0. The summed E-state index contributed by atoms with van der Waals surface area (Å²) in [7, 11) is 0. The van der Waals surface area contributed by atoms with Crippen molar-refractivity contribution in [3.8, 4) is 5.75 Å². The number of aromatic nitrogens is 2. The van der Waals surface area contributed by atoms with Gasteiger partial charge in [0, 0.05) is 25.2 Å². The van der Waals surface area contributed by atoms with Crippen LogP contribution < -0.4 is 9.64 Å². The first-order valence-corrected chi connectivity index (χ1v) is 9.29. The smallest absolute Gasteiger partial charge is 0.225 e. The summed E-state index contributed by atoms with van der Waals surface area (Å²) in [4.78, 5) is 13.9. The van der Waals surface area contributed by atoms with Crippen LogP contribution in [-0.4, -0.2) is 59.3 Å². The van der Waals surface area contributed by atoms with Crippen LogP contribution in [0.2, 0.25) is 0 Å². The van der Waals surface area contributed by atoms with Gasteiger partial charge in [-0.25, -0.2) is 9.97 Å². The van der Waals surface area contributed by atoms with Gasteiger partial charge in [0.25, 0.3) is 0 Å². The fourth-order valence-electron chi connectivity index (χ4n) is 3.90. The molecule has 0 radical (unpaired) electrons. The predicted molar refractivity (Wildman–Crippen MR) is 100 cm³/mol. The van der Waals surface area contributed by atoms with Crippen LogP contribution in [0.3, 0.4) is 0 Å². The van der Waals surface area contributed by atoms with Crippen molar-refractivity contribution < 1.29 is 9.47 Å². The van der Waals surface area contributed by atoms with Crippen molar-refractivity contribution >= 4 is 5.95 Å². The third kappa shape index (κ3) is 3.66. The highest BCUT2D eigenvalue weighted by Gasteiger charge is 2.38. The minimum Gasteiger partial charge on any atom is -0.486 e. The first-order valence-electron chi connectivity index (χ1n) is 9.29. The molecule has 0 saturated carbocycles. The molecule has 3 heterocycles. The van der Waals surface area contributed by atoms with Crippen LogP contribution in [0.5, 0.6) is 5.75 Å². The highest BCUT2D eigenvalue weighted by Crippen LogP contribution is 2.25. The Morgan fingerprint density at radius 1 is 1.04 bits per heavy atom. The van der Waals surface area contributed by atoms with Gasteiger partial charge >= 0.3 is 0 Å². The van der Waals surface area contributed by atoms with Crippen LogP contribution in [0.15, 0.2) is 42.7 Å². The van der Waals surface area contributed by atoms with Crippen LogP contribution in [0, 0.1) is 0 Å². The zero-order chi connectivity index (χ0) is 17.9. The van der Waals surface area contributed by atoms with Crippen LogP contribution in [0.25, 0.3) is 0 Å². The van der Waals surface area contributed by atoms with E-state index in [2.05, 4.69) is 33.6 Å². The molecule has 0 N–H and O–H groups in total. The minimum absolute atomic E-state index is 0.463. The van der Waals surface area contributed by atoms with Crippen molar-refractivity contribution in [2.75, 3.05) is 31.2 Å². The van der Waals surface area contributed by atoms with Gasteiger partial charge in [0.05, 0.1) is 31.6 Å². The molecule has 0 spiro atoms. The van der Waals surface area contributed by atoms with Crippen molar-refractivity contribution in [2.24, 2.45) is 0 Å². The van der Waals surface area contributed by atoms with Crippen LogP contribution in [0.4, 0.5) is 5.95 Å². The topological polar surface area (TPSA) is 50.7 Å². The van der Waals surface area contributed by atoms with E-state index >= 15 is 0 Å². The molecule has 2 fully saturated rings. The van der Waals surface area contributed by atoms with Crippen LogP contribution in [-0.2, 0) is 11.3 Å². The summed E-state index contributed by atoms with van der Waals surface area (Å²) in [5.74, 6) is 1.48. The van der Waals surface area contributed by atoms with Crippen molar-refractivity contribution in [3.05, 3.63) is 48.3 Å². The quantitative estimate of drug-likeness (QED) is 0.822. The van der Waals surface area contributed by atoms with E-state index in [1.807, 2.05) is 30.3 Å². The van der Waals surface area contributed by atoms with E-state index in [0.29, 0.717) is 30.5 Å². The van der Waals surface area contributed by atoms with E-state index in [1.165, 1.54) is 0 Å². The van der Waals surface area contributed by atoms with E-state index in [1.54, 1.807) is 12.4 Å². The van der Waals surface area contributed by atoms with Crippen LogP contribution >= 0.6 is 0 Å². The lowest BCUT2D eigenvalue weighted by Crippen LogP contribution is -2.64. The van der Waals surface area contributed by atoms with Crippen molar-refractivity contribution in [1.29, 1.82) is 0 Å². The fourth-order valence-corrected chi connectivity index (χ4v) is 3.90. The molecule has 0 amide bonds. The Balaban J connectivity index is 1.36. The Labute approximate surface area is 154 Å². The number of benzene rings is 1. The maximum Gasteiger partial charge on any atom is 0.225 e. The summed E-state index contributed by atoms with van der Waals surface area (Å²) in [5.41, 5.74) is 1.13. The molecule has 2 aliphatic rings. The molecular formula is C20H26N4O2. The predicted octanol–water partition coefficient (Wildman–Crippen LogP) is 2.35. The molecule has 2 saturated heterocycles. The zero-order valence-corrected chi connectivity index (χ0v) is 15.4. The van der Waals surface area contributed by atoms with Gasteiger partial charge in [-0.15, -0.1) is 0 Å². The second kappa shape index (κ2) is 7.60. The van der Waals surface area contributed by atoms with Gasteiger partial charge in [-0.2, -0.15) is 0 Å². The number of nitrogens with zero attached hydrogens (tertiary/aromatic N) is 4. The summed E-state index contributed by atoms with van der Waals surface area (Å²) >= 11 is 0. The average Bonchev–Trinajstić information content (AvgIpc) is 2.62. The molecule has 2 aliphatic heterocycles. The second-order valence-corrected chi connectivity index (χ2v) is 7.23. The molecule has 6 nitrogen and oxygen atoms in total. The standard InChI is InChI=1S/C20H26N4O2/c1-15-10-23(11-16(2)24(15)18-13-25-14-18)20-21-8-19(9-22-20)26-12-17-6-4-3-5-7-17/h3-9,15-16,18H,10-14H2,1-2H3. The molecule has 2 aromatic rings. The summed E-state index contributed by atoms with van der Waals surface area (Å²) in [6.45, 7) is 8.67. The molecule has 26 heavy (non-hydrogen) atoms. The molecule has 0 aliphatic carbocycles. The Hall–Kier alpha value is -2.18. The Morgan fingerprint density at radius 2 is 1.69 bits per heavy atom. The second-order valence-electron chi connectivity index (χ2n) is 7.23. The molecule has 1 aromatic carbocycles. The van der Waals surface area contributed by atoms with E-state index in [-0.39, 0.29) is 0 Å². The van der Waals surface area contributed by atoms with E-state index < -0.39 is 0 Å². The zero-order valence-electron chi connectivity index (χ0n) is 15.4. The van der Waals surface area contributed by atoms with E-state index in [0.717, 1.165) is 37.8 Å². The van der Waals surface area contributed by atoms with Gasteiger partial charge in [-0.1, -0.05) is 30.3 Å². The number of rotatable bonds is 5. The monoisotopic (exact) mass is 354 g/mol. The Morgan fingerprint density at radius 3 is 2.27 bits per heavy atom. The number of hydrogen-bond acceptors (Lipinski definition) is 6. The number of ether oxygens (including phenoxy) is 2. The molecule has 138 valence electrons. The van der Waals surface area contributed by atoms with E-state index in [4.69, 9.17) is 9.47 Å². The maximum atomic E-state index is 5.78. The van der Waals surface area contributed by atoms with Gasteiger partial charge in [0.15, 0.2) is 5.75 Å². The molecule has 2 unspecified atom stereocenters. The largest absolute Gasteiger partial charge is 0.486 e. The first-order chi connectivity index (χ1) is 12.7. The van der Waals surface area contributed by atoms with Crippen molar-refractivity contribution in [2.45, 2.75) is 38.6 Å². The summed E-state index contributed by atoms with van der Waals surface area (Å²) in [6.07, 6.45) is 3.54. The molecule has 0 bridgehead atoms. The van der Waals surface area contributed by atoms with Gasteiger partial charge in [0.2, 0.25) is 5.95 Å². The number of piperazine rings is 1. The summed E-state index contributed by atoms with van der Waals surface area (Å²) in [5, 5.41) is 0. The SMILES string of the molecule is CC1CN(c2ncc(OCc3ccccc3)cn2)CC(C)N1C1COC1. The summed E-state index contributed by atoms with van der Waals surface area (Å²) < 4.78 is 11.2. The molecular weight excluding hydrogens is 328 g/mol. The fraction of sp³-hybridized carbons (Fsp3) is 0.500. The van der Waals surface area contributed by atoms with Gasteiger partial charge < -0.3 is 14.4 Å². The van der Waals surface area contributed by atoms with Gasteiger partial charge in [-0.05, 0) is 19.4 Å². The van der Waals surface area contributed by atoms with E-state index in [9.17, 15) is 0 Å². The Bertz CT molecular complexity index is 694. The molecule has 4 rings (SSSR count). The van der Waals surface area contributed by atoms with Gasteiger partial charge in [0.1, 0.15) is 6.61 Å². The lowest BCUT2D eigenvalue weighted by Gasteiger charge is -2.50. The van der Waals surface area contributed by atoms with Crippen molar-refractivity contribution in [1.82, 2.24) is 14.9 Å². The molecule has 6 heteroatoms. The third-order valence-electron chi connectivity index (χ3n) is 5.17. The third-order valence-corrected chi connectivity index (χ3v) is 5.17. The number of anilines is 1. The first kappa shape index (κ1) is 17.2. The summed E-state index contributed by atoms with van der Waals surface area (Å²) in [6, 6.07) is 11.6. The Kier molecular flexibility index (Phi) is 5.04. The van der Waals surface area contributed by atoms with Gasteiger partial charge in [-0.3, -0.25) is 4.90 Å². The minimum atomic E-state index is 0.463. The highest BCUT2D eigenvalue weighted by molar-refractivity contribution is 5.33. The van der Waals surface area contributed by atoms with Crippen molar-refractivity contribution in [3.63, 3.8) is 0 Å².